The zero-order chi connectivity index (χ0) is 16.5. The Morgan fingerprint density at radius 3 is 2.30 bits per heavy atom. The highest BCUT2D eigenvalue weighted by molar-refractivity contribution is 5.19. The Morgan fingerprint density at radius 2 is 1.65 bits per heavy atom. The first kappa shape index (κ1) is 17.5. The minimum atomic E-state index is -0.440. The van der Waals surface area contributed by atoms with Crippen LogP contribution in [0.25, 0.3) is 0 Å². The third-order valence-electron chi connectivity index (χ3n) is 3.76. The highest BCUT2D eigenvalue weighted by Crippen LogP contribution is 2.21. The van der Waals surface area contributed by atoms with Gasteiger partial charge in [-0.1, -0.05) is 79.2 Å². The van der Waals surface area contributed by atoms with Crippen molar-refractivity contribution in [2.45, 2.75) is 33.0 Å². The molecule has 2 atom stereocenters. The molecule has 0 saturated heterocycles. The molecule has 2 aromatic carbocycles. The summed E-state index contributed by atoms with van der Waals surface area (Å²) in [6.07, 6.45) is 2.41. The Kier molecular flexibility index (Phi) is 7.05. The fraction of sp³-hybridized carbons (Fsp3) is 0.333. The fourth-order valence-electron chi connectivity index (χ4n) is 2.64. The number of aliphatic hydroxyl groups excluding tert-OH is 1. The molecule has 0 spiro atoms. The number of aliphatic hydroxyl groups is 1. The number of hydrogen-bond acceptors (Lipinski definition) is 2. The maximum absolute atomic E-state index is 10.3. The highest BCUT2D eigenvalue weighted by Gasteiger charge is 2.08. The van der Waals surface area contributed by atoms with Crippen LogP contribution in [0.4, 0.5) is 0 Å². The molecular weight excluding hydrogens is 284 g/mol. The van der Waals surface area contributed by atoms with Crippen LogP contribution in [-0.2, 0) is 11.3 Å². The Bertz CT molecular complexity index is 590. The van der Waals surface area contributed by atoms with Crippen molar-refractivity contribution in [3.63, 3.8) is 0 Å². The topological polar surface area (TPSA) is 29.5 Å². The van der Waals surface area contributed by atoms with Gasteiger partial charge in [0, 0.05) is 0 Å². The van der Waals surface area contributed by atoms with Gasteiger partial charge in [-0.15, -0.1) is 0 Å². The fourth-order valence-corrected chi connectivity index (χ4v) is 2.64. The van der Waals surface area contributed by atoms with Crippen LogP contribution in [0, 0.1) is 5.92 Å². The van der Waals surface area contributed by atoms with Crippen molar-refractivity contribution in [3.8, 4) is 0 Å². The molecule has 0 aliphatic rings. The molecule has 0 heterocycles. The summed E-state index contributed by atoms with van der Waals surface area (Å²) >= 11 is 0. The standard InChI is InChI=1S/C21H26O2/c1-17(14-21(22)20-11-7-4-8-12-20)13-18(2)15-23-16-19-9-5-3-6-10-19/h3-13,18,21-22H,14-16H2,1-2H3/b17-13+/t18-,21+/m1/s1. The van der Waals surface area contributed by atoms with Gasteiger partial charge >= 0.3 is 0 Å². The van der Waals surface area contributed by atoms with E-state index in [2.05, 4.69) is 32.1 Å². The molecule has 0 aromatic heterocycles. The number of benzene rings is 2. The molecule has 0 aliphatic heterocycles. The van der Waals surface area contributed by atoms with Crippen LogP contribution in [0.5, 0.6) is 0 Å². The van der Waals surface area contributed by atoms with Gasteiger partial charge in [-0.05, 0) is 30.4 Å². The van der Waals surface area contributed by atoms with Crippen molar-refractivity contribution in [1.82, 2.24) is 0 Å². The minimum absolute atomic E-state index is 0.335. The second-order valence-electron chi connectivity index (χ2n) is 6.12. The van der Waals surface area contributed by atoms with E-state index in [0.717, 1.165) is 5.56 Å². The molecule has 0 saturated carbocycles. The van der Waals surface area contributed by atoms with Gasteiger partial charge in [-0.25, -0.2) is 0 Å². The van der Waals surface area contributed by atoms with Gasteiger partial charge in [0.2, 0.25) is 0 Å². The van der Waals surface area contributed by atoms with Crippen LogP contribution in [-0.4, -0.2) is 11.7 Å². The van der Waals surface area contributed by atoms with Gasteiger partial charge in [0.05, 0.1) is 19.3 Å². The summed E-state index contributed by atoms with van der Waals surface area (Å²) in [5.74, 6) is 0.335. The molecule has 0 unspecified atom stereocenters. The third-order valence-corrected chi connectivity index (χ3v) is 3.76. The van der Waals surface area contributed by atoms with Crippen molar-refractivity contribution in [2.24, 2.45) is 5.92 Å². The molecule has 0 aliphatic carbocycles. The van der Waals surface area contributed by atoms with E-state index >= 15 is 0 Å². The average Bonchev–Trinajstić information content (AvgIpc) is 2.56. The van der Waals surface area contributed by atoms with Crippen molar-refractivity contribution < 1.29 is 9.84 Å². The lowest BCUT2D eigenvalue weighted by molar-refractivity contribution is 0.103. The average molecular weight is 310 g/mol. The van der Waals surface area contributed by atoms with E-state index in [1.165, 1.54) is 11.1 Å². The molecule has 23 heavy (non-hydrogen) atoms. The third kappa shape index (κ3) is 6.39. The molecule has 122 valence electrons. The van der Waals surface area contributed by atoms with E-state index in [1.807, 2.05) is 48.5 Å². The van der Waals surface area contributed by atoms with Gasteiger partial charge in [-0.2, -0.15) is 0 Å². The van der Waals surface area contributed by atoms with Gasteiger partial charge in [-0.3, -0.25) is 0 Å². The monoisotopic (exact) mass is 310 g/mol. The zero-order valence-electron chi connectivity index (χ0n) is 14.0. The first-order chi connectivity index (χ1) is 11.1. The molecule has 2 heteroatoms. The van der Waals surface area contributed by atoms with E-state index in [0.29, 0.717) is 25.6 Å². The van der Waals surface area contributed by atoms with Crippen molar-refractivity contribution in [2.75, 3.05) is 6.61 Å². The maximum atomic E-state index is 10.3. The van der Waals surface area contributed by atoms with Gasteiger partial charge in [0.1, 0.15) is 0 Å². The SMILES string of the molecule is C/C(=C\[C@@H](C)COCc1ccccc1)C[C@H](O)c1ccccc1. The van der Waals surface area contributed by atoms with E-state index in [1.54, 1.807) is 0 Å². The molecule has 0 bridgehead atoms. The summed E-state index contributed by atoms with van der Waals surface area (Å²) in [6, 6.07) is 20.0. The smallest absolute Gasteiger partial charge is 0.0827 e. The zero-order valence-corrected chi connectivity index (χ0v) is 14.0. The normalized spacial score (nSPS) is 14.5. The maximum Gasteiger partial charge on any atom is 0.0827 e. The summed E-state index contributed by atoms with van der Waals surface area (Å²) in [4.78, 5) is 0. The second-order valence-corrected chi connectivity index (χ2v) is 6.12. The van der Waals surface area contributed by atoms with Crippen LogP contribution in [0.3, 0.4) is 0 Å². The van der Waals surface area contributed by atoms with E-state index < -0.39 is 6.10 Å². The first-order valence-corrected chi connectivity index (χ1v) is 8.17. The first-order valence-electron chi connectivity index (χ1n) is 8.17. The Balaban J connectivity index is 1.76. The van der Waals surface area contributed by atoms with Crippen molar-refractivity contribution in [1.29, 1.82) is 0 Å². The quantitative estimate of drug-likeness (QED) is 0.702. The molecular formula is C21H26O2. The van der Waals surface area contributed by atoms with Crippen molar-refractivity contribution >= 4 is 0 Å². The minimum Gasteiger partial charge on any atom is -0.388 e. The predicted octanol–water partition coefficient (Wildman–Crippen LogP) is 4.91. The van der Waals surface area contributed by atoms with E-state index in [9.17, 15) is 5.11 Å². The summed E-state index contributed by atoms with van der Waals surface area (Å²) < 4.78 is 5.76. The largest absolute Gasteiger partial charge is 0.388 e. The van der Waals surface area contributed by atoms with Crippen LogP contribution < -0.4 is 0 Å². The summed E-state index contributed by atoms with van der Waals surface area (Å²) in [6.45, 7) is 5.54. The van der Waals surface area contributed by atoms with Crippen molar-refractivity contribution in [3.05, 3.63) is 83.4 Å². The van der Waals surface area contributed by atoms with E-state index in [4.69, 9.17) is 4.74 Å². The van der Waals surface area contributed by atoms with Crippen LogP contribution in [0.15, 0.2) is 72.3 Å². The number of ether oxygens (including phenoxy) is 1. The summed E-state index contributed by atoms with van der Waals surface area (Å²) in [5, 5.41) is 10.3. The second kappa shape index (κ2) is 9.29. The van der Waals surface area contributed by atoms with Crippen LogP contribution in [0.1, 0.15) is 37.5 Å². The molecule has 2 aromatic rings. The van der Waals surface area contributed by atoms with Gasteiger partial charge in [0.25, 0.3) is 0 Å². The number of hydrogen-bond donors (Lipinski definition) is 1. The highest BCUT2D eigenvalue weighted by atomic mass is 16.5. The van der Waals surface area contributed by atoms with Crippen LogP contribution >= 0.6 is 0 Å². The molecule has 0 fully saturated rings. The van der Waals surface area contributed by atoms with Gasteiger partial charge < -0.3 is 9.84 Å². The number of rotatable bonds is 8. The Morgan fingerprint density at radius 1 is 1.04 bits per heavy atom. The van der Waals surface area contributed by atoms with Gasteiger partial charge in [0.15, 0.2) is 0 Å². The molecule has 0 radical (unpaired) electrons. The van der Waals surface area contributed by atoms with E-state index in [-0.39, 0.29) is 0 Å². The Labute approximate surface area is 139 Å². The van der Waals surface area contributed by atoms with Crippen LogP contribution in [0.2, 0.25) is 0 Å². The molecule has 1 N–H and O–H groups in total. The molecule has 2 rings (SSSR count). The predicted molar refractivity (Wildman–Crippen MR) is 95.0 cm³/mol. The lowest BCUT2D eigenvalue weighted by Gasteiger charge is -2.13. The molecule has 2 nitrogen and oxygen atoms in total. The summed E-state index contributed by atoms with van der Waals surface area (Å²) in [5.41, 5.74) is 3.35. The lowest BCUT2D eigenvalue weighted by Crippen LogP contribution is -2.05. The summed E-state index contributed by atoms with van der Waals surface area (Å²) in [7, 11) is 0. The Hall–Kier alpha value is -1.90. The molecule has 0 amide bonds. The lowest BCUT2D eigenvalue weighted by atomic mass is 10.00.